The van der Waals surface area contributed by atoms with E-state index in [4.69, 9.17) is 15.5 Å². The van der Waals surface area contributed by atoms with Gasteiger partial charge in [0.25, 0.3) is 0 Å². The molecule has 0 spiro atoms. The van der Waals surface area contributed by atoms with Crippen molar-refractivity contribution in [3.05, 3.63) is 36.9 Å². The molecule has 2 N–H and O–H groups in total. The minimum Gasteiger partial charge on any atom is -0.491 e. The number of fused-ring (bicyclic) bond motifs is 3. The van der Waals surface area contributed by atoms with Crippen molar-refractivity contribution >= 4 is 11.7 Å². The van der Waals surface area contributed by atoms with Crippen LogP contribution in [0.5, 0.6) is 5.75 Å². The number of anilines is 1. The van der Waals surface area contributed by atoms with Crippen LogP contribution in [0, 0.1) is 0 Å². The van der Waals surface area contributed by atoms with Crippen molar-refractivity contribution in [2.45, 2.75) is 32.5 Å². The zero-order valence-corrected chi connectivity index (χ0v) is 16.8. The molecule has 2 aliphatic heterocycles. The minimum atomic E-state index is -0.502. The standard InChI is InChI=1S/C20H22N8O2/c1-12(2)28-20(23-11-24-28)14-10-26-6-7-30-16-8-17(22-9-13(16)19(26)25-14)27-5-3-4-15(27)18(21)29/h3-4,8-12,15H,5-7H2,1-2H3,(H2,21,29)/t15-/m1/s1. The number of hydrogen-bond donors (Lipinski definition) is 1. The van der Waals surface area contributed by atoms with E-state index < -0.39 is 11.9 Å². The summed E-state index contributed by atoms with van der Waals surface area (Å²) >= 11 is 0. The second-order valence-corrected chi connectivity index (χ2v) is 7.58. The van der Waals surface area contributed by atoms with Gasteiger partial charge in [-0.05, 0) is 13.8 Å². The highest BCUT2D eigenvalue weighted by molar-refractivity contribution is 5.86. The lowest BCUT2D eigenvalue weighted by atomic mass is 10.2. The number of nitrogens with two attached hydrogens (primary N) is 1. The molecule has 1 atom stereocenters. The first-order valence-corrected chi connectivity index (χ1v) is 9.86. The Morgan fingerprint density at radius 1 is 1.30 bits per heavy atom. The molecule has 154 valence electrons. The number of primary amides is 1. The molecule has 1 amide bonds. The molecular formula is C20H22N8O2. The Kier molecular flexibility index (Phi) is 4.27. The normalized spacial score (nSPS) is 17.6. The van der Waals surface area contributed by atoms with Crippen LogP contribution in [0.2, 0.25) is 0 Å². The largest absolute Gasteiger partial charge is 0.491 e. The van der Waals surface area contributed by atoms with Crippen LogP contribution in [0.4, 0.5) is 5.82 Å². The Hall–Kier alpha value is -3.69. The van der Waals surface area contributed by atoms with Gasteiger partial charge in [0.05, 0.1) is 12.1 Å². The fraction of sp³-hybridized carbons (Fsp3) is 0.350. The summed E-state index contributed by atoms with van der Waals surface area (Å²) in [5.74, 6) is 2.40. The van der Waals surface area contributed by atoms with Crippen LogP contribution in [0.25, 0.3) is 22.9 Å². The van der Waals surface area contributed by atoms with Gasteiger partial charge >= 0.3 is 0 Å². The van der Waals surface area contributed by atoms with Gasteiger partial charge in [-0.15, -0.1) is 0 Å². The SMILES string of the molecule is CC(C)n1ncnc1-c1cn2c(n1)-c1cnc(N3CC=C[C@@H]3C(N)=O)cc1OCC2. The molecule has 5 rings (SSSR count). The first-order valence-electron chi connectivity index (χ1n) is 9.86. The van der Waals surface area contributed by atoms with Crippen molar-refractivity contribution in [2.24, 2.45) is 5.73 Å². The van der Waals surface area contributed by atoms with Crippen LogP contribution in [-0.2, 0) is 11.3 Å². The summed E-state index contributed by atoms with van der Waals surface area (Å²) in [5, 5.41) is 4.31. The van der Waals surface area contributed by atoms with Crippen molar-refractivity contribution in [3.8, 4) is 28.7 Å². The van der Waals surface area contributed by atoms with Gasteiger partial charge in [-0.25, -0.2) is 19.6 Å². The average Bonchev–Trinajstić information content (AvgIpc) is 3.45. The minimum absolute atomic E-state index is 0.177. The molecule has 0 bridgehead atoms. The highest BCUT2D eigenvalue weighted by Crippen LogP contribution is 2.36. The Morgan fingerprint density at radius 2 is 2.17 bits per heavy atom. The summed E-state index contributed by atoms with van der Waals surface area (Å²) < 4.78 is 9.88. The van der Waals surface area contributed by atoms with Crippen LogP contribution >= 0.6 is 0 Å². The fourth-order valence-electron chi connectivity index (χ4n) is 3.85. The molecule has 10 heteroatoms. The number of imidazole rings is 1. The van der Waals surface area contributed by atoms with Crippen molar-refractivity contribution in [1.29, 1.82) is 0 Å². The molecule has 0 radical (unpaired) electrons. The fourth-order valence-corrected chi connectivity index (χ4v) is 3.85. The van der Waals surface area contributed by atoms with Crippen molar-refractivity contribution < 1.29 is 9.53 Å². The van der Waals surface area contributed by atoms with Gasteiger partial charge < -0.3 is 19.9 Å². The molecule has 0 unspecified atom stereocenters. The third kappa shape index (κ3) is 2.92. The van der Waals surface area contributed by atoms with Crippen LogP contribution in [0.15, 0.2) is 36.9 Å². The number of aromatic nitrogens is 6. The van der Waals surface area contributed by atoms with Crippen molar-refractivity contribution in [3.63, 3.8) is 0 Å². The maximum absolute atomic E-state index is 11.7. The van der Waals surface area contributed by atoms with Crippen molar-refractivity contribution in [2.75, 3.05) is 18.1 Å². The number of pyridine rings is 1. The number of carbonyl (C=O) groups is 1. The Labute approximate surface area is 173 Å². The smallest absolute Gasteiger partial charge is 0.244 e. The van der Waals surface area contributed by atoms with E-state index in [1.165, 1.54) is 0 Å². The number of ether oxygens (including phenoxy) is 1. The van der Waals surface area contributed by atoms with Gasteiger partial charge in [-0.3, -0.25) is 4.79 Å². The van der Waals surface area contributed by atoms with Gasteiger partial charge in [0.2, 0.25) is 5.91 Å². The van der Waals surface area contributed by atoms with E-state index in [0.29, 0.717) is 31.3 Å². The quantitative estimate of drug-likeness (QED) is 0.651. The van der Waals surface area contributed by atoms with Gasteiger partial charge in [0.15, 0.2) is 5.82 Å². The molecule has 0 saturated carbocycles. The monoisotopic (exact) mass is 406 g/mol. The van der Waals surface area contributed by atoms with Crippen molar-refractivity contribution in [1.82, 2.24) is 29.3 Å². The first-order chi connectivity index (χ1) is 14.5. The molecule has 30 heavy (non-hydrogen) atoms. The summed E-state index contributed by atoms with van der Waals surface area (Å²) in [5.41, 5.74) is 7.06. The highest BCUT2D eigenvalue weighted by Gasteiger charge is 2.28. The lowest BCUT2D eigenvalue weighted by molar-refractivity contribution is -0.118. The topological polar surface area (TPSA) is 117 Å². The average molecular weight is 406 g/mol. The van der Waals surface area contributed by atoms with E-state index in [0.717, 1.165) is 22.9 Å². The van der Waals surface area contributed by atoms with E-state index in [1.807, 2.05) is 32.5 Å². The molecule has 0 saturated heterocycles. The van der Waals surface area contributed by atoms with Crippen LogP contribution in [0.3, 0.4) is 0 Å². The molecule has 0 aromatic carbocycles. The van der Waals surface area contributed by atoms with E-state index in [1.54, 1.807) is 18.6 Å². The van der Waals surface area contributed by atoms with Gasteiger partial charge in [-0.1, -0.05) is 12.2 Å². The second-order valence-electron chi connectivity index (χ2n) is 7.58. The second kappa shape index (κ2) is 6.97. The first kappa shape index (κ1) is 18.3. The number of amides is 1. The third-order valence-electron chi connectivity index (χ3n) is 5.29. The van der Waals surface area contributed by atoms with E-state index in [-0.39, 0.29) is 6.04 Å². The van der Waals surface area contributed by atoms with Crippen LogP contribution in [-0.4, -0.2) is 54.4 Å². The molecule has 3 aromatic rings. The van der Waals surface area contributed by atoms with E-state index in [9.17, 15) is 4.79 Å². The molecule has 2 aliphatic rings. The van der Waals surface area contributed by atoms with Gasteiger partial charge in [-0.2, -0.15) is 5.10 Å². The van der Waals surface area contributed by atoms with Gasteiger partial charge in [0, 0.05) is 31.0 Å². The molecule has 0 fully saturated rings. The molecule has 0 aliphatic carbocycles. The summed E-state index contributed by atoms with van der Waals surface area (Å²) in [6.45, 7) is 5.83. The Morgan fingerprint density at radius 3 is 2.97 bits per heavy atom. The highest BCUT2D eigenvalue weighted by atomic mass is 16.5. The maximum Gasteiger partial charge on any atom is 0.244 e. The summed E-state index contributed by atoms with van der Waals surface area (Å²) in [6, 6.07) is 1.52. The van der Waals surface area contributed by atoms with E-state index in [2.05, 4.69) is 28.9 Å². The number of hydrogen-bond acceptors (Lipinski definition) is 7. The number of carbonyl (C=O) groups excluding carboxylic acids is 1. The maximum atomic E-state index is 11.7. The van der Waals surface area contributed by atoms with E-state index >= 15 is 0 Å². The summed E-state index contributed by atoms with van der Waals surface area (Å²) in [6.07, 6.45) is 8.96. The lowest BCUT2D eigenvalue weighted by Crippen LogP contribution is -2.41. The van der Waals surface area contributed by atoms with Crippen LogP contribution in [0.1, 0.15) is 19.9 Å². The zero-order chi connectivity index (χ0) is 20.8. The molecule has 5 heterocycles. The molecule has 10 nitrogen and oxygen atoms in total. The predicted molar refractivity (Wildman–Crippen MR) is 110 cm³/mol. The number of nitrogens with zero attached hydrogens (tertiary/aromatic N) is 7. The lowest BCUT2D eigenvalue weighted by Gasteiger charge is -2.23. The zero-order valence-electron chi connectivity index (χ0n) is 16.8. The Bertz CT molecular complexity index is 1150. The molecular weight excluding hydrogens is 384 g/mol. The predicted octanol–water partition coefficient (Wildman–Crippen LogP) is 1.41. The third-order valence-corrected chi connectivity index (χ3v) is 5.29. The number of rotatable bonds is 4. The summed E-state index contributed by atoms with van der Waals surface area (Å²) in [7, 11) is 0. The van der Waals surface area contributed by atoms with Gasteiger partial charge in [0.1, 0.15) is 42.1 Å². The Balaban J connectivity index is 1.54. The van der Waals surface area contributed by atoms with Crippen LogP contribution < -0.4 is 15.4 Å². The molecule has 3 aromatic heterocycles. The summed E-state index contributed by atoms with van der Waals surface area (Å²) in [4.78, 5) is 27.4.